The predicted molar refractivity (Wildman–Crippen MR) is 126 cm³/mol. The van der Waals surface area contributed by atoms with Gasteiger partial charge in [0.05, 0.1) is 5.41 Å². The molecule has 0 aromatic heterocycles. The molecule has 2 aromatic rings. The number of carboxylic acid groups (broad SMARTS) is 1. The number of aliphatic carboxylic acids is 1. The fourth-order valence-electron chi connectivity index (χ4n) is 5.77. The summed E-state index contributed by atoms with van der Waals surface area (Å²) in [7, 11) is 1.58. The number of likely N-dealkylation sites (N-methyl/N-ethyl adjacent to an activating group) is 1. The lowest BCUT2D eigenvalue weighted by Crippen LogP contribution is -2.53. The van der Waals surface area contributed by atoms with E-state index >= 15 is 0 Å². The van der Waals surface area contributed by atoms with Crippen molar-refractivity contribution in [3.63, 3.8) is 0 Å². The second-order valence-corrected chi connectivity index (χ2v) is 9.87. The number of hydrogen-bond acceptors (Lipinski definition) is 4. The minimum absolute atomic E-state index is 0.0309. The van der Waals surface area contributed by atoms with Crippen LogP contribution in [0.25, 0.3) is 11.1 Å². The molecular weight excluding hydrogens is 432 g/mol. The van der Waals surface area contributed by atoms with Gasteiger partial charge in [-0.3, -0.25) is 4.79 Å². The Morgan fingerprint density at radius 2 is 1.53 bits per heavy atom. The highest BCUT2D eigenvalue weighted by Gasteiger charge is 2.58. The number of benzene rings is 2. The molecule has 34 heavy (non-hydrogen) atoms. The van der Waals surface area contributed by atoms with Gasteiger partial charge in [-0.1, -0.05) is 61.4 Å². The highest BCUT2D eigenvalue weighted by atomic mass is 16.5. The zero-order valence-electron chi connectivity index (χ0n) is 19.4. The molecule has 0 heterocycles. The Morgan fingerprint density at radius 1 is 0.971 bits per heavy atom. The molecule has 0 spiro atoms. The number of ether oxygens (including phenoxy) is 1. The van der Waals surface area contributed by atoms with E-state index in [9.17, 15) is 19.5 Å². The van der Waals surface area contributed by atoms with Crippen LogP contribution in [0.15, 0.2) is 48.5 Å². The Bertz CT molecular complexity index is 1090. The van der Waals surface area contributed by atoms with Gasteiger partial charge in [-0.15, -0.1) is 0 Å². The number of rotatable bonds is 7. The first-order chi connectivity index (χ1) is 16.4. The maximum absolute atomic E-state index is 13.4. The number of carbonyl (C=O) groups excluding carboxylic acids is 2. The number of hydrogen-bond donors (Lipinski definition) is 2. The third-order valence-electron chi connectivity index (χ3n) is 8.00. The van der Waals surface area contributed by atoms with Crippen LogP contribution < -0.4 is 5.32 Å². The number of amides is 2. The lowest BCUT2D eigenvalue weighted by atomic mass is 9.84. The van der Waals surface area contributed by atoms with Crippen molar-refractivity contribution in [1.82, 2.24) is 10.2 Å². The van der Waals surface area contributed by atoms with Gasteiger partial charge < -0.3 is 20.1 Å². The number of fused-ring (bicyclic) bond motifs is 3. The van der Waals surface area contributed by atoms with E-state index in [-0.39, 0.29) is 25.0 Å². The largest absolute Gasteiger partial charge is 0.479 e. The van der Waals surface area contributed by atoms with E-state index in [0.29, 0.717) is 25.7 Å². The summed E-state index contributed by atoms with van der Waals surface area (Å²) in [5, 5.41) is 12.4. The first kappa shape index (κ1) is 22.4. The van der Waals surface area contributed by atoms with Crippen LogP contribution >= 0.6 is 0 Å². The SMILES string of the molecule is CN(C(=O)C1(CNC(=O)OCC2c3ccccc3-c3ccccc32)CCCC1)C1(C(=O)O)CC1. The molecule has 7 heteroatoms. The Hall–Kier alpha value is -3.35. The summed E-state index contributed by atoms with van der Waals surface area (Å²) in [4.78, 5) is 39.2. The van der Waals surface area contributed by atoms with Crippen molar-refractivity contribution in [1.29, 1.82) is 0 Å². The summed E-state index contributed by atoms with van der Waals surface area (Å²) < 4.78 is 5.63. The van der Waals surface area contributed by atoms with Crippen LogP contribution in [0.4, 0.5) is 4.79 Å². The van der Waals surface area contributed by atoms with E-state index in [1.54, 1.807) is 7.05 Å². The predicted octanol–water partition coefficient (Wildman–Crippen LogP) is 4.16. The average Bonchev–Trinajstić information content (AvgIpc) is 3.43. The topological polar surface area (TPSA) is 95.9 Å². The normalized spacial score (nSPS) is 19.1. The van der Waals surface area contributed by atoms with Crippen LogP contribution in [0.5, 0.6) is 0 Å². The van der Waals surface area contributed by atoms with Crippen LogP contribution in [0.1, 0.15) is 55.6 Å². The molecule has 0 radical (unpaired) electrons. The Kier molecular flexibility index (Phi) is 5.58. The maximum atomic E-state index is 13.4. The van der Waals surface area contributed by atoms with Crippen LogP contribution in [-0.4, -0.2) is 53.7 Å². The quantitative estimate of drug-likeness (QED) is 0.644. The summed E-state index contributed by atoms with van der Waals surface area (Å²) in [6.45, 7) is 0.366. The molecule has 3 aliphatic carbocycles. The number of carbonyl (C=O) groups is 3. The van der Waals surface area contributed by atoms with Crippen LogP contribution in [0, 0.1) is 5.41 Å². The van der Waals surface area contributed by atoms with Gasteiger partial charge in [0, 0.05) is 19.5 Å². The summed E-state index contributed by atoms with van der Waals surface area (Å²) >= 11 is 0. The lowest BCUT2D eigenvalue weighted by Gasteiger charge is -2.35. The van der Waals surface area contributed by atoms with Crippen molar-refractivity contribution in [2.75, 3.05) is 20.2 Å². The highest BCUT2D eigenvalue weighted by Crippen LogP contribution is 2.47. The van der Waals surface area contributed by atoms with Crippen molar-refractivity contribution in [3.8, 4) is 11.1 Å². The van der Waals surface area contributed by atoms with Crippen molar-refractivity contribution >= 4 is 18.0 Å². The third kappa shape index (κ3) is 3.63. The van der Waals surface area contributed by atoms with Crippen LogP contribution in [-0.2, 0) is 14.3 Å². The van der Waals surface area contributed by atoms with Crippen LogP contribution in [0.3, 0.4) is 0 Å². The fraction of sp³-hybridized carbons (Fsp3) is 0.444. The number of nitrogens with zero attached hydrogens (tertiary/aromatic N) is 1. The summed E-state index contributed by atoms with van der Waals surface area (Å²) in [6, 6.07) is 16.3. The molecule has 2 aromatic carbocycles. The molecule has 2 N–H and O–H groups in total. The molecule has 178 valence electrons. The number of nitrogens with one attached hydrogen (secondary N) is 1. The van der Waals surface area contributed by atoms with Gasteiger partial charge in [-0.05, 0) is 47.9 Å². The van der Waals surface area contributed by atoms with Crippen molar-refractivity contribution in [2.24, 2.45) is 5.41 Å². The summed E-state index contributed by atoms with van der Waals surface area (Å²) in [5.41, 5.74) is 2.76. The zero-order chi connectivity index (χ0) is 23.9. The fourth-order valence-corrected chi connectivity index (χ4v) is 5.77. The minimum atomic E-state index is -1.09. The van der Waals surface area contributed by atoms with Gasteiger partial charge in [-0.2, -0.15) is 0 Å². The molecule has 0 saturated heterocycles. The maximum Gasteiger partial charge on any atom is 0.407 e. The molecule has 2 fully saturated rings. The molecule has 5 rings (SSSR count). The highest BCUT2D eigenvalue weighted by molar-refractivity contribution is 5.92. The van der Waals surface area contributed by atoms with E-state index in [4.69, 9.17) is 4.74 Å². The van der Waals surface area contributed by atoms with E-state index in [1.807, 2.05) is 24.3 Å². The first-order valence-electron chi connectivity index (χ1n) is 12.0. The monoisotopic (exact) mass is 462 g/mol. The Balaban J connectivity index is 1.24. The molecular formula is C27H30N2O5. The van der Waals surface area contributed by atoms with Crippen LogP contribution in [0.2, 0.25) is 0 Å². The van der Waals surface area contributed by atoms with E-state index in [0.717, 1.165) is 35.1 Å². The van der Waals surface area contributed by atoms with Crippen molar-refractivity contribution < 1.29 is 24.2 Å². The molecule has 3 aliphatic rings. The van der Waals surface area contributed by atoms with E-state index < -0.39 is 23.0 Å². The van der Waals surface area contributed by atoms with Gasteiger partial charge in [0.1, 0.15) is 12.1 Å². The van der Waals surface area contributed by atoms with Crippen molar-refractivity contribution in [3.05, 3.63) is 59.7 Å². The lowest BCUT2D eigenvalue weighted by molar-refractivity contribution is -0.155. The zero-order valence-corrected chi connectivity index (χ0v) is 19.4. The second kappa shape index (κ2) is 8.46. The van der Waals surface area contributed by atoms with Gasteiger partial charge in [0.2, 0.25) is 5.91 Å². The summed E-state index contributed by atoms with van der Waals surface area (Å²) in [5.74, 6) is -1.18. The van der Waals surface area contributed by atoms with Gasteiger partial charge in [0.25, 0.3) is 0 Å². The van der Waals surface area contributed by atoms with Gasteiger partial charge >= 0.3 is 12.1 Å². The average molecular weight is 463 g/mol. The molecule has 2 saturated carbocycles. The molecule has 0 unspecified atom stereocenters. The van der Waals surface area contributed by atoms with Gasteiger partial charge in [-0.25, -0.2) is 9.59 Å². The Morgan fingerprint density at radius 3 is 2.06 bits per heavy atom. The number of carboxylic acids is 1. The van der Waals surface area contributed by atoms with E-state index in [2.05, 4.69) is 29.6 Å². The molecule has 7 nitrogen and oxygen atoms in total. The summed E-state index contributed by atoms with van der Waals surface area (Å²) in [6.07, 6.45) is 3.42. The first-order valence-corrected chi connectivity index (χ1v) is 12.0. The van der Waals surface area contributed by atoms with Gasteiger partial charge in [0.15, 0.2) is 0 Å². The molecule has 0 bridgehead atoms. The minimum Gasteiger partial charge on any atom is -0.479 e. The second-order valence-electron chi connectivity index (χ2n) is 9.87. The molecule has 0 atom stereocenters. The molecule has 2 amide bonds. The van der Waals surface area contributed by atoms with E-state index in [1.165, 1.54) is 4.90 Å². The molecule has 0 aliphatic heterocycles. The number of alkyl carbamates (subject to hydrolysis) is 1. The smallest absolute Gasteiger partial charge is 0.407 e. The Labute approximate surface area is 199 Å². The third-order valence-corrected chi connectivity index (χ3v) is 8.00. The standard InChI is InChI=1S/C27H30N2O5/c1-29(27(14-15-27)24(31)32)23(30)26(12-6-7-13-26)17-28-25(33)34-16-22-20-10-4-2-8-18(20)19-9-3-5-11-21(19)22/h2-5,8-11,22H,6-7,12-17H2,1H3,(H,28,33)(H,31,32). The van der Waals surface area contributed by atoms with Crippen molar-refractivity contribution in [2.45, 2.75) is 50.0 Å².